The van der Waals surface area contributed by atoms with E-state index in [0.717, 1.165) is 5.92 Å². The first-order valence-corrected chi connectivity index (χ1v) is 4.82. The molecule has 0 spiro atoms. The molecule has 1 nitrogen and oxygen atoms in total. The number of aromatic nitrogens is 1. The minimum Gasteiger partial charge on any atom is -0.361 e. The number of H-pyrrole nitrogens is 1. The van der Waals surface area contributed by atoms with Crippen molar-refractivity contribution in [3.05, 3.63) is 36.0 Å². The van der Waals surface area contributed by atoms with E-state index in [9.17, 15) is 0 Å². The van der Waals surface area contributed by atoms with Gasteiger partial charge in [0.25, 0.3) is 0 Å². The second kappa shape index (κ2) is 3.25. The van der Waals surface area contributed by atoms with Crippen molar-refractivity contribution in [1.29, 1.82) is 0 Å². The lowest BCUT2D eigenvalue weighted by Gasteiger charge is -2.04. The second-order valence-electron chi connectivity index (χ2n) is 4.00. The van der Waals surface area contributed by atoms with Gasteiger partial charge in [0.1, 0.15) is 0 Å². The molecule has 0 radical (unpaired) electrons. The molecule has 0 unspecified atom stereocenters. The normalized spacial score (nSPS) is 11.3. The zero-order valence-electron chi connectivity index (χ0n) is 8.17. The number of rotatable bonds is 2. The van der Waals surface area contributed by atoms with Crippen molar-refractivity contribution in [2.24, 2.45) is 5.92 Å². The summed E-state index contributed by atoms with van der Waals surface area (Å²) in [6, 6.07) is 8.76. The van der Waals surface area contributed by atoms with E-state index >= 15 is 0 Å². The summed E-state index contributed by atoms with van der Waals surface area (Å²) in [5.41, 5.74) is 2.66. The van der Waals surface area contributed by atoms with Crippen LogP contribution in [-0.2, 0) is 6.42 Å². The molecule has 1 heteroatoms. The molecule has 0 fully saturated rings. The maximum Gasteiger partial charge on any atom is 0.0454 e. The molecule has 0 saturated carbocycles. The van der Waals surface area contributed by atoms with Gasteiger partial charge in [-0.15, -0.1) is 0 Å². The zero-order valence-corrected chi connectivity index (χ0v) is 8.17. The first-order valence-electron chi connectivity index (χ1n) is 4.82. The Labute approximate surface area is 78.8 Å². The highest BCUT2D eigenvalue weighted by atomic mass is 14.7. The predicted octanol–water partition coefficient (Wildman–Crippen LogP) is 3.37. The largest absolute Gasteiger partial charge is 0.361 e. The molecule has 0 atom stereocenters. The summed E-state index contributed by atoms with van der Waals surface area (Å²) >= 11 is 0. The fraction of sp³-hybridized carbons (Fsp3) is 0.333. The number of hydrogen-bond acceptors (Lipinski definition) is 0. The fourth-order valence-corrected chi connectivity index (χ4v) is 1.70. The smallest absolute Gasteiger partial charge is 0.0454 e. The molecular formula is C12H15N. The number of hydrogen-bond donors (Lipinski definition) is 1. The van der Waals surface area contributed by atoms with Crippen LogP contribution in [0.3, 0.4) is 0 Å². The Balaban J connectivity index is 2.37. The van der Waals surface area contributed by atoms with Crippen LogP contribution in [0.4, 0.5) is 0 Å². The van der Waals surface area contributed by atoms with Crippen molar-refractivity contribution >= 4 is 10.9 Å². The van der Waals surface area contributed by atoms with Crippen molar-refractivity contribution in [2.45, 2.75) is 20.3 Å². The molecule has 1 aromatic heterocycles. The predicted molar refractivity (Wildman–Crippen MR) is 56.8 cm³/mol. The molecule has 1 N–H and O–H groups in total. The molecule has 68 valence electrons. The van der Waals surface area contributed by atoms with Gasteiger partial charge in [-0.2, -0.15) is 0 Å². The molecule has 0 saturated heterocycles. The van der Waals surface area contributed by atoms with Crippen molar-refractivity contribution < 1.29 is 0 Å². The van der Waals surface area contributed by atoms with E-state index in [2.05, 4.69) is 43.1 Å². The summed E-state index contributed by atoms with van der Waals surface area (Å²) < 4.78 is 0. The summed E-state index contributed by atoms with van der Waals surface area (Å²) in [7, 11) is 0. The van der Waals surface area contributed by atoms with Crippen LogP contribution < -0.4 is 0 Å². The maximum atomic E-state index is 3.20. The molecule has 2 rings (SSSR count). The molecule has 13 heavy (non-hydrogen) atoms. The number of fused-ring (bicyclic) bond motifs is 1. The molecule has 0 amide bonds. The number of benzene rings is 1. The van der Waals surface area contributed by atoms with Crippen LogP contribution in [0.2, 0.25) is 0 Å². The quantitative estimate of drug-likeness (QED) is 0.716. The number of nitrogens with one attached hydrogen (secondary N) is 1. The second-order valence-corrected chi connectivity index (χ2v) is 4.00. The van der Waals surface area contributed by atoms with Gasteiger partial charge in [0.15, 0.2) is 0 Å². The average molecular weight is 173 g/mol. The van der Waals surface area contributed by atoms with Gasteiger partial charge in [0, 0.05) is 11.7 Å². The SMILES string of the molecule is CC(C)Cc1ccc2[nH]ccc2c1. The van der Waals surface area contributed by atoms with Crippen LogP contribution in [0.1, 0.15) is 19.4 Å². The standard InChI is InChI=1S/C12H15N/c1-9(2)7-10-3-4-12-11(8-10)5-6-13-12/h3-6,8-9,13H,7H2,1-2H3. The molecule has 0 aliphatic rings. The van der Waals surface area contributed by atoms with Gasteiger partial charge < -0.3 is 4.98 Å². The topological polar surface area (TPSA) is 15.8 Å². The van der Waals surface area contributed by atoms with Gasteiger partial charge in [-0.3, -0.25) is 0 Å². The summed E-state index contributed by atoms with van der Waals surface area (Å²) in [5, 5.41) is 1.32. The summed E-state index contributed by atoms with van der Waals surface area (Å²) in [6.45, 7) is 4.50. The van der Waals surface area contributed by atoms with Gasteiger partial charge in [0.2, 0.25) is 0 Å². The third kappa shape index (κ3) is 1.74. The van der Waals surface area contributed by atoms with Crippen LogP contribution in [0.15, 0.2) is 30.5 Å². The molecule has 1 heterocycles. The first kappa shape index (κ1) is 8.36. The van der Waals surface area contributed by atoms with E-state index in [1.165, 1.54) is 22.9 Å². The van der Waals surface area contributed by atoms with E-state index < -0.39 is 0 Å². The lowest BCUT2D eigenvalue weighted by atomic mass is 10.0. The Morgan fingerprint density at radius 3 is 2.85 bits per heavy atom. The van der Waals surface area contributed by atoms with Crippen LogP contribution >= 0.6 is 0 Å². The highest BCUT2D eigenvalue weighted by Gasteiger charge is 1.99. The van der Waals surface area contributed by atoms with Gasteiger partial charge in [-0.25, -0.2) is 0 Å². The lowest BCUT2D eigenvalue weighted by Crippen LogP contribution is -1.92. The monoisotopic (exact) mass is 173 g/mol. The third-order valence-electron chi connectivity index (χ3n) is 2.26. The van der Waals surface area contributed by atoms with Crippen molar-refractivity contribution in [1.82, 2.24) is 4.98 Å². The summed E-state index contributed by atoms with van der Waals surface area (Å²) in [4.78, 5) is 3.20. The Bertz CT molecular complexity index is 398. The minimum absolute atomic E-state index is 0.733. The Morgan fingerprint density at radius 2 is 2.08 bits per heavy atom. The highest BCUT2D eigenvalue weighted by molar-refractivity contribution is 5.79. The van der Waals surface area contributed by atoms with E-state index in [0.29, 0.717) is 0 Å². The molecule has 0 aliphatic heterocycles. The van der Waals surface area contributed by atoms with Crippen molar-refractivity contribution in [2.75, 3.05) is 0 Å². The Morgan fingerprint density at radius 1 is 1.23 bits per heavy atom. The minimum atomic E-state index is 0.733. The van der Waals surface area contributed by atoms with Crippen LogP contribution in [0, 0.1) is 5.92 Å². The van der Waals surface area contributed by atoms with E-state index in [1.54, 1.807) is 0 Å². The van der Waals surface area contributed by atoms with Crippen LogP contribution in [0.5, 0.6) is 0 Å². The van der Waals surface area contributed by atoms with Crippen LogP contribution in [0.25, 0.3) is 10.9 Å². The molecule has 0 aliphatic carbocycles. The van der Waals surface area contributed by atoms with Gasteiger partial charge in [-0.05, 0) is 41.5 Å². The Kier molecular flexibility index (Phi) is 2.09. The van der Waals surface area contributed by atoms with Crippen LogP contribution in [-0.4, -0.2) is 4.98 Å². The van der Waals surface area contributed by atoms with Crippen molar-refractivity contribution in [3.8, 4) is 0 Å². The molecule has 1 aromatic carbocycles. The third-order valence-corrected chi connectivity index (χ3v) is 2.26. The van der Waals surface area contributed by atoms with Gasteiger partial charge >= 0.3 is 0 Å². The Hall–Kier alpha value is -1.24. The van der Waals surface area contributed by atoms with Gasteiger partial charge in [0.05, 0.1) is 0 Å². The molecule has 2 aromatic rings. The average Bonchev–Trinajstić information content (AvgIpc) is 2.49. The van der Waals surface area contributed by atoms with E-state index in [4.69, 9.17) is 0 Å². The fourth-order valence-electron chi connectivity index (χ4n) is 1.70. The maximum absolute atomic E-state index is 3.20. The summed E-state index contributed by atoms with van der Waals surface area (Å²) in [6.07, 6.45) is 3.16. The first-order chi connectivity index (χ1) is 6.25. The molecule has 0 bridgehead atoms. The molecular weight excluding hydrogens is 158 g/mol. The highest BCUT2D eigenvalue weighted by Crippen LogP contribution is 2.16. The number of aromatic amines is 1. The lowest BCUT2D eigenvalue weighted by molar-refractivity contribution is 0.648. The van der Waals surface area contributed by atoms with E-state index in [-0.39, 0.29) is 0 Å². The van der Waals surface area contributed by atoms with Crippen molar-refractivity contribution in [3.63, 3.8) is 0 Å². The van der Waals surface area contributed by atoms with E-state index in [1.807, 2.05) is 6.20 Å². The summed E-state index contributed by atoms with van der Waals surface area (Å²) in [5.74, 6) is 0.733. The van der Waals surface area contributed by atoms with Gasteiger partial charge in [-0.1, -0.05) is 19.9 Å². The zero-order chi connectivity index (χ0) is 9.26.